The Morgan fingerprint density at radius 3 is 2.92 bits per heavy atom. The van der Waals surface area contributed by atoms with Crippen molar-refractivity contribution in [2.45, 2.75) is 31.9 Å². The van der Waals surface area contributed by atoms with Gasteiger partial charge in [0.2, 0.25) is 10.0 Å². The molecule has 2 heterocycles. The lowest BCUT2D eigenvalue weighted by Gasteiger charge is -2.31. The van der Waals surface area contributed by atoms with Gasteiger partial charge in [-0.05, 0) is 37.5 Å². The number of halogens is 1. The average Bonchev–Trinajstić information content (AvgIpc) is 3.00. The molecule has 1 aliphatic rings. The van der Waals surface area contributed by atoms with Gasteiger partial charge in [0, 0.05) is 18.9 Å². The number of hydrogen-bond acceptors (Lipinski definition) is 5. The third-order valence-corrected chi connectivity index (χ3v) is 4.83. The molecule has 0 aliphatic carbocycles. The van der Waals surface area contributed by atoms with E-state index in [1.54, 1.807) is 23.1 Å². The summed E-state index contributed by atoms with van der Waals surface area (Å²) in [4.78, 5) is 0. The Labute approximate surface area is 152 Å². The van der Waals surface area contributed by atoms with Crippen molar-refractivity contribution in [3.05, 3.63) is 42.0 Å². The Bertz CT molecular complexity index is 869. The predicted octanol–water partition coefficient (Wildman–Crippen LogP) is 1.80. The molecule has 1 aliphatic heterocycles. The highest BCUT2D eigenvalue weighted by molar-refractivity contribution is 7.88. The third kappa shape index (κ3) is 4.80. The van der Waals surface area contributed by atoms with Crippen LogP contribution in [-0.4, -0.2) is 49.8 Å². The topological polar surface area (TPSA) is 82.4 Å². The Morgan fingerprint density at radius 1 is 1.46 bits per heavy atom. The van der Waals surface area contributed by atoms with Crippen LogP contribution in [0.25, 0.3) is 5.69 Å². The molecule has 26 heavy (non-hydrogen) atoms. The van der Waals surface area contributed by atoms with Crippen LogP contribution in [0.2, 0.25) is 0 Å². The maximum absolute atomic E-state index is 14.3. The van der Waals surface area contributed by atoms with E-state index in [0.717, 1.165) is 18.2 Å². The van der Waals surface area contributed by atoms with Gasteiger partial charge in [-0.1, -0.05) is 0 Å². The molecule has 1 aromatic heterocycles. The zero-order chi connectivity index (χ0) is 18.7. The van der Waals surface area contributed by atoms with E-state index in [2.05, 4.69) is 9.82 Å². The van der Waals surface area contributed by atoms with Crippen LogP contribution in [0.3, 0.4) is 0 Å². The van der Waals surface area contributed by atoms with Gasteiger partial charge in [0.25, 0.3) is 0 Å². The zero-order valence-corrected chi connectivity index (χ0v) is 15.5. The maximum atomic E-state index is 14.3. The summed E-state index contributed by atoms with van der Waals surface area (Å²) < 4.78 is 52.6. The lowest BCUT2D eigenvalue weighted by atomic mass is 10.0. The van der Waals surface area contributed by atoms with Crippen LogP contribution >= 0.6 is 0 Å². The normalized spacial score (nSPS) is 20.9. The minimum Gasteiger partial charge on any atom is -0.488 e. The van der Waals surface area contributed by atoms with E-state index in [1.165, 1.54) is 12.1 Å². The quantitative estimate of drug-likeness (QED) is 0.822. The first-order valence-corrected chi connectivity index (χ1v) is 10.2. The van der Waals surface area contributed by atoms with E-state index in [-0.39, 0.29) is 18.4 Å². The highest BCUT2D eigenvalue weighted by Crippen LogP contribution is 2.22. The second-order valence-electron chi connectivity index (χ2n) is 6.44. The van der Waals surface area contributed by atoms with Gasteiger partial charge in [-0.25, -0.2) is 22.2 Å². The molecule has 0 unspecified atom stereocenters. The first-order valence-electron chi connectivity index (χ1n) is 8.35. The SMILES string of the molecule is Cc1cnn(-c2ccc(OC[C@H]3OCCC[C@@H]3NS(C)(=O)=O)c(F)c2)c1. The molecule has 1 N–H and O–H groups in total. The fourth-order valence-electron chi connectivity index (χ4n) is 2.89. The lowest BCUT2D eigenvalue weighted by Crippen LogP contribution is -2.49. The second-order valence-corrected chi connectivity index (χ2v) is 8.22. The molecule has 3 rings (SSSR count). The molecule has 0 spiro atoms. The summed E-state index contributed by atoms with van der Waals surface area (Å²) in [5, 5.41) is 4.14. The van der Waals surface area contributed by atoms with Crippen LogP contribution in [-0.2, 0) is 14.8 Å². The molecule has 0 saturated carbocycles. The number of ether oxygens (including phenoxy) is 2. The van der Waals surface area contributed by atoms with Crippen LogP contribution in [0.4, 0.5) is 4.39 Å². The number of sulfonamides is 1. The van der Waals surface area contributed by atoms with Crippen molar-refractivity contribution in [2.24, 2.45) is 0 Å². The van der Waals surface area contributed by atoms with E-state index < -0.39 is 21.9 Å². The summed E-state index contributed by atoms with van der Waals surface area (Å²) in [6.45, 7) is 2.49. The molecule has 0 amide bonds. The van der Waals surface area contributed by atoms with Crippen molar-refractivity contribution in [1.29, 1.82) is 0 Å². The molecule has 142 valence electrons. The molecule has 9 heteroatoms. The van der Waals surface area contributed by atoms with E-state index in [1.807, 2.05) is 6.92 Å². The Hall–Kier alpha value is -1.97. The van der Waals surface area contributed by atoms with E-state index in [0.29, 0.717) is 18.7 Å². The monoisotopic (exact) mass is 383 g/mol. The molecular formula is C17H22FN3O4S. The maximum Gasteiger partial charge on any atom is 0.209 e. The second kappa shape index (κ2) is 7.73. The molecule has 1 fully saturated rings. The minimum atomic E-state index is -3.35. The number of aryl methyl sites for hydroxylation is 1. The van der Waals surface area contributed by atoms with E-state index in [9.17, 15) is 12.8 Å². The molecule has 2 aromatic rings. The molecule has 0 radical (unpaired) electrons. The van der Waals surface area contributed by atoms with Crippen molar-refractivity contribution >= 4 is 10.0 Å². The first kappa shape index (κ1) is 18.8. The number of aromatic nitrogens is 2. The van der Waals surface area contributed by atoms with Gasteiger partial charge >= 0.3 is 0 Å². The molecule has 0 bridgehead atoms. The van der Waals surface area contributed by atoms with Crippen LogP contribution in [0.5, 0.6) is 5.75 Å². The van der Waals surface area contributed by atoms with Crippen molar-refractivity contribution in [1.82, 2.24) is 14.5 Å². The number of nitrogens with zero attached hydrogens (tertiary/aromatic N) is 2. The third-order valence-electron chi connectivity index (χ3n) is 4.10. The summed E-state index contributed by atoms with van der Waals surface area (Å²) in [6.07, 6.45) is 5.54. The van der Waals surface area contributed by atoms with Crippen LogP contribution in [0.15, 0.2) is 30.6 Å². The molecular weight excluding hydrogens is 361 g/mol. The van der Waals surface area contributed by atoms with Gasteiger partial charge in [-0.15, -0.1) is 0 Å². The molecule has 1 aromatic carbocycles. The lowest BCUT2D eigenvalue weighted by molar-refractivity contribution is -0.0284. The van der Waals surface area contributed by atoms with Gasteiger partial charge in [0.05, 0.1) is 24.2 Å². The predicted molar refractivity (Wildman–Crippen MR) is 94.5 cm³/mol. The van der Waals surface area contributed by atoms with Gasteiger partial charge in [0.1, 0.15) is 12.7 Å². The van der Waals surface area contributed by atoms with Crippen molar-refractivity contribution in [3.63, 3.8) is 0 Å². The molecule has 2 atom stereocenters. The van der Waals surface area contributed by atoms with Crippen molar-refractivity contribution in [3.8, 4) is 11.4 Å². The highest BCUT2D eigenvalue weighted by Gasteiger charge is 2.29. The van der Waals surface area contributed by atoms with Gasteiger partial charge < -0.3 is 9.47 Å². The molecule has 7 nitrogen and oxygen atoms in total. The summed E-state index contributed by atoms with van der Waals surface area (Å²) in [6, 6.07) is 4.20. The summed E-state index contributed by atoms with van der Waals surface area (Å²) in [5.74, 6) is -0.427. The number of benzene rings is 1. The smallest absolute Gasteiger partial charge is 0.209 e. The van der Waals surface area contributed by atoms with Crippen molar-refractivity contribution in [2.75, 3.05) is 19.5 Å². The van der Waals surface area contributed by atoms with Crippen molar-refractivity contribution < 1.29 is 22.3 Å². The van der Waals surface area contributed by atoms with Crippen LogP contribution < -0.4 is 9.46 Å². The Morgan fingerprint density at radius 2 is 2.27 bits per heavy atom. The standard InChI is InChI=1S/C17H22FN3O4S/c1-12-9-19-21(10-12)13-5-6-16(14(18)8-13)25-11-17-15(4-3-7-24-17)20-26(2,22)23/h5-6,8-10,15,17,20H,3-4,7,11H2,1-2H3/t15-,17+/m0/s1. The average molecular weight is 383 g/mol. The van der Waals surface area contributed by atoms with E-state index in [4.69, 9.17) is 9.47 Å². The summed E-state index contributed by atoms with van der Waals surface area (Å²) in [7, 11) is -3.35. The zero-order valence-electron chi connectivity index (χ0n) is 14.7. The van der Waals surface area contributed by atoms with Gasteiger partial charge in [-0.2, -0.15) is 5.10 Å². The van der Waals surface area contributed by atoms with Gasteiger partial charge in [0.15, 0.2) is 11.6 Å². The summed E-state index contributed by atoms with van der Waals surface area (Å²) >= 11 is 0. The number of rotatable bonds is 6. The van der Waals surface area contributed by atoms with Crippen LogP contribution in [0.1, 0.15) is 18.4 Å². The largest absolute Gasteiger partial charge is 0.488 e. The minimum absolute atomic E-state index is 0.0599. The number of nitrogens with one attached hydrogen (secondary N) is 1. The van der Waals surface area contributed by atoms with Crippen LogP contribution in [0, 0.1) is 12.7 Å². The van der Waals surface area contributed by atoms with E-state index >= 15 is 0 Å². The fourth-order valence-corrected chi connectivity index (χ4v) is 3.71. The highest BCUT2D eigenvalue weighted by atomic mass is 32.2. The molecule has 1 saturated heterocycles. The number of hydrogen-bond donors (Lipinski definition) is 1. The Balaban J connectivity index is 1.66. The fraction of sp³-hybridized carbons (Fsp3) is 0.471. The Kier molecular flexibility index (Phi) is 5.59. The summed E-state index contributed by atoms with van der Waals surface area (Å²) in [5.41, 5.74) is 1.57. The van der Waals surface area contributed by atoms with Gasteiger partial charge in [-0.3, -0.25) is 0 Å². The first-order chi connectivity index (χ1) is 12.3.